The topological polar surface area (TPSA) is 70.2 Å². The molecule has 0 atom stereocenters. The second kappa shape index (κ2) is 6.22. The lowest BCUT2D eigenvalue weighted by Gasteiger charge is -2.09. The average Bonchev–Trinajstić information content (AvgIpc) is 2.22. The van der Waals surface area contributed by atoms with Gasteiger partial charge >= 0.3 is 0 Å². The highest BCUT2D eigenvalue weighted by Gasteiger charge is 2.06. The number of carbonyl (C=O) groups excluding carboxylic acids is 2. The Morgan fingerprint density at radius 3 is 2.59 bits per heavy atom. The number of halogens is 1. The molecule has 3 N–H and O–H groups in total. The molecule has 0 radical (unpaired) electrons. The van der Waals surface area contributed by atoms with E-state index in [0.717, 1.165) is 0 Å². The van der Waals surface area contributed by atoms with Crippen molar-refractivity contribution in [1.82, 2.24) is 5.32 Å². The van der Waals surface area contributed by atoms with Crippen molar-refractivity contribution in [3.63, 3.8) is 0 Å². The number of anilines is 2. The molecule has 0 spiro atoms. The van der Waals surface area contributed by atoms with Crippen LogP contribution in [-0.4, -0.2) is 25.4 Å². The quantitative estimate of drug-likeness (QED) is 0.763. The first kappa shape index (κ1) is 13.5. The second-order valence-corrected chi connectivity index (χ2v) is 3.86. The molecular formula is C11H14ClN3O2. The van der Waals surface area contributed by atoms with Crippen LogP contribution in [0.15, 0.2) is 18.2 Å². The molecular weight excluding hydrogens is 242 g/mol. The van der Waals surface area contributed by atoms with E-state index >= 15 is 0 Å². The summed E-state index contributed by atoms with van der Waals surface area (Å²) < 4.78 is 0. The van der Waals surface area contributed by atoms with Gasteiger partial charge in [-0.2, -0.15) is 0 Å². The Morgan fingerprint density at radius 2 is 2.00 bits per heavy atom. The number of hydrogen-bond acceptors (Lipinski definition) is 3. The van der Waals surface area contributed by atoms with Crippen LogP contribution in [0.1, 0.15) is 6.92 Å². The van der Waals surface area contributed by atoms with Gasteiger partial charge in [0.05, 0.1) is 17.3 Å². The summed E-state index contributed by atoms with van der Waals surface area (Å²) in [6.45, 7) is 1.61. The van der Waals surface area contributed by atoms with Crippen LogP contribution in [0.25, 0.3) is 0 Å². The van der Waals surface area contributed by atoms with Crippen LogP contribution < -0.4 is 16.0 Å². The Balaban J connectivity index is 2.83. The van der Waals surface area contributed by atoms with E-state index in [-0.39, 0.29) is 18.4 Å². The molecule has 5 nitrogen and oxygen atoms in total. The van der Waals surface area contributed by atoms with Gasteiger partial charge in [0.25, 0.3) is 0 Å². The number of hydrogen-bond donors (Lipinski definition) is 3. The smallest absolute Gasteiger partial charge is 0.238 e. The lowest BCUT2D eigenvalue weighted by molar-refractivity contribution is -0.115. The zero-order chi connectivity index (χ0) is 12.8. The molecule has 17 heavy (non-hydrogen) atoms. The van der Waals surface area contributed by atoms with Gasteiger partial charge in [0.1, 0.15) is 0 Å². The summed E-state index contributed by atoms with van der Waals surface area (Å²) in [6.07, 6.45) is 0. The third-order valence-corrected chi connectivity index (χ3v) is 2.23. The van der Waals surface area contributed by atoms with E-state index in [1.807, 2.05) is 0 Å². The first-order chi connectivity index (χ1) is 8.02. The molecule has 6 heteroatoms. The van der Waals surface area contributed by atoms with E-state index in [9.17, 15) is 9.59 Å². The fraction of sp³-hybridized carbons (Fsp3) is 0.273. The van der Waals surface area contributed by atoms with Crippen LogP contribution in [0.4, 0.5) is 11.4 Å². The van der Waals surface area contributed by atoms with E-state index in [0.29, 0.717) is 16.4 Å². The Labute approximate surface area is 105 Å². The van der Waals surface area contributed by atoms with Gasteiger partial charge in [-0.1, -0.05) is 11.6 Å². The number of carbonyl (C=O) groups is 2. The maximum Gasteiger partial charge on any atom is 0.238 e. The lowest BCUT2D eigenvalue weighted by Crippen LogP contribution is -2.25. The van der Waals surface area contributed by atoms with Gasteiger partial charge < -0.3 is 16.0 Å². The first-order valence-electron chi connectivity index (χ1n) is 5.04. The number of benzene rings is 1. The zero-order valence-corrected chi connectivity index (χ0v) is 10.4. The maximum absolute atomic E-state index is 11.4. The molecule has 1 aromatic rings. The molecule has 1 rings (SSSR count). The van der Waals surface area contributed by atoms with Crippen LogP contribution >= 0.6 is 11.6 Å². The Bertz CT molecular complexity index is 435. The molecule has 2 amide bonds. The summed E-state index contributed by atoms with van der Waals surface area (Å²) in [4.78, 5) is 22.3. The second-order valence-electron chi connectivity index (χ2n) is 3.45. The molecule has 0 bridgehead atoms. The first-order valence-corrected chi connectivity index (χ1v) is 5.42. The van der Waals surface area contributed by atoms with Gasteiger partial charge in [-0.15, -0.1) is 0 Å². The molecule has 0 fully saturated rings. The van der Waals surface area contributed by atoms with Crippen molar-refractivity contribution in [3.05, 3.63) is 23.2 Å². The third kappa shape index (κ3) is 4.42. The summed E-state index contributed by atoms with van der Waals surface area (Å²) in [6, 6.07) is 4.89. The fourth-order valence-electron chi connectivity index (χ4n) is 1.26. The van der Waals surface area contributed by atoms with Gasteiger partial charge in [-0.25, -0.2) is 0 Å². The molecule has 92 valence electrons. The molecule has 0 aliphatic carbocycles. The van der Waals surface area contributed by atoms with Crippen molar-refractivity contribution < 1.29 is 9.59 Å². The van der Waals surface area contributed by atoms with Crippen molar-refractivity contribution in [3.8, 4) is 0 Å². The minimum Gasteiger partial charge on any atom is -0.326 e. The fourth-order valence-corrected chi connectivity index (χ4v) is 1.42. The van der Waals surface area contributed by atoms with Crippen LogP contribution in [0.5, 0.6) is 0 Å². The highest BCUT2D eigenvalue weighted by Crippen LogP contribution is 2.25. The summed E-state index contributed by atoms with van der Waals surface area (Å²) in [5, 5.41) is 8.40. The van der Waals surface area contributed by atoms with Crippen LogP contribution in [0.2, 0.25) is 5.02 Å². The van der Waals surface area contributed by atoms with Gasteiger partial charge in [0, 0.05) is 12.6 Å². The van der Waals surface area contributed by atoms with Gasteiger partial charge in [-0.05, 0) is 25.2 Å². The lowest BCUT2D eigenvalue weighted by atomic mass is 10.2. The molecule has 0 saturated carbocycles. The van der Waals surface area contributed by atoms with E-state index in [1.54, 1.807) is 25.2 Å². The van der Waals surface area contributed by atoms with E-state index in [1.165, 1.54) is 6.92 Å². The van der Waals surface area contributed by atoms with Gasteiger partial charge in [0.15, 0.2) is 0 Å². The predicted octanol–water partition coefficient (Wildman–Crippen LogP) is 1.46. The SMILES string of the molecule is CNCC(=O)Nc1cc(NC(C)=O)ccc1Cl. The maximum atomic E-state index is 11.4. The predicted molar refractivity (Wildman–Crippen MR) is 68.3 cm³/mol. The van der Waals surface area contributed by atoms with Crippen molar-refractivity contribution in [2.24, 2.45) is 0 Å². The highest BCUT2D eigenvalue weighted by molar-refractivity contribution is 6.33. The molecule has 0 saturated heterocycles. The summed E-state index contributed by atoms with van der Waals surface area (Å²) in [5.74, 6) is -0.380. The van der Waals surface area contributed by atoms with Gasteiger partial charge in [0.2, 0.25) is 11.8 Å². The number of amides is 2. The van der Waals surface area contributed by atoms with Crippen LogP contribution in [0, 0.1) is 0 Å². The Morgan fingerprint density at radius 1 is 1.29 bits per heavy atom. The normalized spacial score (nSPS) is 9.82. The molecule has 1 aromatic carbocycles. The van der Waals surface area contributed by atoms with Crippen LogP contribution in [-0.2, 0) is 9.59 Å². The minimum absolute atomic E-state index is 0.181. The largest absolute Gasteiger partial charge is 0.326 e. The molecule has 0 unspecified atom stereocenters. The van der Waals surface area contributed by atoms with Gasteiger partial charge in [-0.3, -0.25) is 9.59 Å². The van der Waals surface area contributed by atoms with E-state index in [4.69, 9.17) is 11.6 Å². The highest BCUT2D eigenvalue weighted by atomic mass is 35.5. The van der Waals surface area contributed by atoms with Crippen molar-refractivity contribution in [2.75, 3.05) is 24.2 Å². The minimum atomic E-state index is -0.200. The molecule has 0 aliphatic rings. The number of nitrogens with one attached hydrogen (secondary N) is 3. The summed E-state index contributed by atoms with van der Waals surface area (Å²) >= 11 is 5.93. The number of likely N-dealkylation sites (N-methyl/N-ethyl adjacent to an activating group) is 1. The number of rotatable bonds is 4. The monoisotopic (exact) mass is 255 g/mol. The average molecular weight is 256 g/mol. The summed E-state index contributed by atoms with van der Waals surface area (Å²) in [7, 11) is 1.68. The van der Waals surface area contributed by atoms with Crippen molar-refractivity contribution in [1.29, 1.82) is 0 Å². The van der Waals surface area contributed by atoms with E-state index in [2.05, 4.69) is 16.0 Å². The van der Waals surface area contributed by atoms with Crippen molar-refractivity contribution in [2.45, 2.75) is 6.92 Å². The Kier molecular flexibility index (Phi) is 4.93. The molecule has 0 aromatic heterocycles. The third-order valence-electron chi connectivity index (χ3n) is 1.90. The Hall–Kier alpha value is -1.59. The van der Waals surface area contributed by atoms with Crippen LogP contribution in [0.3, 0.4) is 0 Å². The summed E-state index contributed by atoms with van der Waals surface area (Å²) in [5.41, 5.74) is 1.06. The van der Waals surface area contributed by atoms with E-state index < -0.39 is 0 Å². The standard InChI is InChI=1S/C11H14ClN3O2/c1-7(16)14-8-3-4-9(12)10(5-8)15-11(17)6-13-2/h3-5,13H,6H2,1-2H3,(H,14,16)(H,15,17). The zero-order valence-electron chi connectivity index (χ0n) is 9.63. The van der Waals surface area contributed by atoms with Crippen molar-refractivity contribution >= 4 is 34.8 Å². The molecule has 0 aliphatic heterocycles. The molecule has 0 heterocycles.